The van der Waals surface area contributed by atoms with Crippen molar-refractivity contribution in [3.8, 4) is 0 Å². The molecular formula is C8H14N6O3PdS2. The van der Waals surface area contributed by atoms with Crippen LogP contribution in [0.5, 0.6) is 0 Å². The minimum absolute atomic E-state index is 0. The number of aliphatic hydroxyl groups is 3. The molecule has 20 heavy (non-hydrogen) atoms. The SMILES string of the molecule is N/C([S-])=N/N=C\C(C[C@H](O)[C@H](O)CO)=N/N=C(/N)[S-].[Pd+2]. The van der Waals surface area contributed by atoms with Crippen LogP contribution in [0.15, 0.2) is 20.4 Å². The number of rotatable bonds is 7. The molecule has 0 saturated heterocycles. The number of aliphatic hydroxyl groups excluding tert-OH is 3. The normalized spacial score (nSPS) is 16.9. The Labute approximate surface area is 140 Å². The summed E-state index contributed by atoms with van der Waals surface area (Å²) in [6.07, 6.45) is -1.61. The van der Waals surface area contributed by atoms with Crippen LogP contribution in [0.2, 0.25) is 0 Å². The third kappa shape index (κ3) is 11.1. The molecule has 0 fully saturated rings. The molecule has 0 aromatic rings. The summed E-state index contributed by atoms with van der Waals surface area (Å²) in [6, 6.07) is 0. The van der Waals surface area contributed by atoms with Gasteiger partial charge in [0.15, 0.2) is 0 Å². The second-order valence-electron chi connectivity index (χ2n) is 3.23. The molecule has 0 aliphatic carbocycles. The minimum atomic E-state index is -1.32. The van der Waals surface area contributed by atoms with Crippen LogP contribution in [-0.4, -0.2) is 56.4 Å². The van der Waals surface area contributed by atoms with E-state index in [0.29, 0.717) is 0 Å². The van der Waals surface area contributed by atoms with Crippen LogP contribution >= 0.6 is 0 Å². The van der Waals surface area contributed by atoms with Crippen molar-refractivity contribution in [3.05, 3.63) is 0 Å². The Kier molecular flexibility index (Phi) is 13.0. The Morgan fingerprint density at radius 3 is 2.05 bits per heavy atom. The molecular weight excluding hydrogens is 399 g/mol. The van der Waals surface area contributed by atoms with Crippen molar-refractivity contribution in [2.75, 3.05) is 6.61 Å². The van der Waals surface area contributed by atoms with Gasteiger partial charge in [0.25, 0.3) is 0 Å². The van der Waals surface area contributed by atoms with Gasteiger partial charge in [-0.15, -0.1) is 0 Å². The summed E-state index contributed by atoms with van der Waals surface area (Å²) in [6.45, 7) is -0.602. The fourth-order valence-electron chi connectivity index (χ4n) is 0.857. The zero-order valence-corrected chi connectivity index (χ0v) is 13.3. The number of nitrogens with zero attached hydrogens (tertiary/aromatic N) is 4. The van der Waals surface area contributed by atoms with Gasteiger partial charge in [0, 0.05) is 6.42 Å². The first-order valence-corrected chi connectivity index (χ1v) is 5.76. The van der Waals surface area contributed by atoms with Crippen molar-refractivity contribution in [2.45, 2.75) is 18.6 Å². The van der Waals surface area contributed by atoms with Crippen molar-refractivity contribution < 1.29 is 35.7 Å². The minimum Gasteiger partial charge on any atom is -0.741 e. The zero-order chi connectivity index (χ0) is 14.8. The van der Waals surface area contributed by atoms with E-state index in [4.69, 9.17) is 16.6 Å². The number of hydrogen-bond donors (Lipinski definition) is 5. The molecule has 0 amide bonds. The molecule has 0 aliphatic heterocycles. The van der Waals surface area contributed by atoms with Crippen molar-refractivity contribution in [3.63, 3.8) is 0 Å². The van der Waals surface area contributed by atoms with E-state index in [9.17, 15) is 10.2 Å². The maximum atomic E-state index is 9.52. The Bertz CT molecular complexity index is 396. The number of hydrogen-bond acceptors (Lipinski definition) is 9. The van der Waals surface area contributed by atoms with E-state index in [1.807, 2.05) is 0 Å². The van der Waals surface area contributed by atoms with E-state index in [-0.39, 0.29) is 42.9 Å². The Balaban J connectivity index is 0. The monoisotopic (exact) mass is 412 g/mol. The van der Waals surface area contributed by atoms with Crippen molar-refractivity contribution in [1.29, 1.82) is 0 Å². The molecule has 0 aromatic heterocycles. The maximum Gasteiger partial charge on any atom is 2.00 e. The van der Waals surface area contributed by atoms with Crippen molar-refractivity contribution in [2.24, 2.45) is 31.9 Å². The van der Waals surface area contributed by atoms with E-state index in [2.05, 4.69) is 45.7 Å². The molecule has 0 aliphatic rings. The summed E-state index contributed by atoms with van der Waals surface area (Å²) in [4.78, 5) is 0. The third-order valence-corrected chi connectivity index (χ3v) is 1.85. The maximum absolute atomic E-state index is 9.52. The van der Waals surface area contributed by atoms with Gasteiger partial charge in [-0.2, -0.15) is 20.4 Å². The van der Waals surface area contributed by atoms with E-state index in [0.717, 1.165) is 6.21 Å². The van der Waals surface area contributed by atoms with Crippen LogP contribution in [0.3, 0.4) is 0 Å². The molecule has 0 aromatic carbocycles. The molecule has 0 unspecified atom stereocenters. The van der Waals surface area contributed by atoms with E-state index >= 15 is 0 Å². The molecule has 2 atom stereocenters. The molecule has 0 radical (unpaired) electrons. The van der Waals surface area contributed by atoms with Crippen molar-refractivity contribution >= 4 is 47.5 Å². The largest absolute Gasteiger partial charge is 2.00 e. The van der Waals surface area contributed by atoms with E-state index < -0.39 is 18.8 Å². The Hall–Kier alpha value is -0.738. The summed E-state index contributed by atoms with van der Waals surface area (Å²) in [5.41, 5.74) is 10.3. The van der Waals surface area contributed by atoms with E-state index in [1.165, 1.54) is 0 Å². The summed E-state index contributed by atoms with van der Waals surface area (Å²) >= 11 is 8.97. The molecule has 0 rings (SSSR count). The summed E-state index contributed by atoms with van der Waals surface area (Å²) in [5, 5.41) is 40.9. The van der Waals surface area contributed by atoms with Gasteiger partial charge in [-0.25, -0.2) is 0 Å². The predicted molar refractivity (Wildman–Crippen MR) is 77.6 cm³/mol. The van der Waals surface area contributed by atoms with Gasteiger partial charge in [0.2, 0.25) is 0 Å². The first-order valence-electron chi connectivity index (χ1n) is 4.94. The summed E-state index contributed by atoms with van der Waals surface area (Å²) in [7, 11) is 0. The van der Waals surface area contributed by atoms with Crippen LogP contribution in [0.25, 0.3) is 0 Å². The molecule has 9 nitrogen and oxygen atoms in total. The standard InChI is InChI=1S/C8H16N6O3S2.Pd/c9-7(18)13-11-2-4(12-14-8(10)19)1-5(16)6(17)3-15;/h2,5-6,15-17H,1,3H2,(H3,9,13,18)(H3,10,14,19);/q;+2/p-2/b11-2-,12-4-;/t5-,6+;/m0./s1. The number of amidine groups is 2. The molecule has 0 bridgehead atoms. The quantitative estimate of drug-likeness (QED) is 0.0988. The Morgan fingerprint density at radius 2 is 1.60 bits per heavy atom. The van der Waals surface area contributed by atoms with Gasteiger partial charge in [-0.1, -0.05) is 0 Å². The zero-order valence-electron chi connectivity index (χ0n) is 10.1. The van der Waals surface area contributed by atoms with Gasteiger partial charge >= 0.3 is 20.4 Å². The fourth-order valence-corrected chi connectivity index (χ4v) is 0.945. The average Bonchev–Trinajstić information content (AvgIpc) is 2.33. The fraction of sp³-hybridized carbons (Fsp3) is 0.500. The first-order chi connectivity index (χ1) is 8.86. The van der Waals surface area contributed by atoms with Crippen LogP contribution in [-0.2, 0) is 45.7 Å². The second-order valence-corrected chi connectivity index (χ2v) is 4.07. The smallest absolute Gasteiger partial charge is 0.741 e. The molecule has 0 heterocycles. The molecule has 12 heteroatoms. The van der Waals surface area contributed by atoms with Gasteiger partial charge in [0.1, 0.15) is 6.10 Å². The summed E-state index contributed by atoms with van der Waals surface area (Å²) < 4.78 is 0. The van der Waals surface area contributed by atoms with Crippen LogP contribution < -0.4 is 11.5 Å². The number of nitrogens with two attached hydrogens (primary N) is 2. The molecule has 0 saturated carbocycles. The van der Waals surface area contributed by atoms with Crippen LogP contribution in [0, 0.1) is 0 Å². The van der Waals surface area contributed by atoms with E-state index in [1.54, 1.807) is 0 Å². The summed E-state index contributed by atoms with van der Waals surface area (Å²) in [5.74, 6) is 0. The van der Waals surface area contributed by atoms with Crippen LogP contribution in [0.1, 0.15) is 6.42 Å². The van der Waals surface area contributed by atoms with Crippen molar-refractivity contribution in [1.82, 2.24) is 0 Å². The molecule has 7 N–H and O–H groups in total. The molecule has 0 spiro atoms. The topological polar surface area (TPSA) is 162 Å². The van der Waals surface area contributed by atoms with Crippen LogP contribution in [0.4, 0.5) is 0 Å². The van der Waals surface area contributed by atoms with Gasteiger partial charge in [0.05, 0.1) is 24.6 Å². The third-order valence-electron chi connectivity index (χ3n) is 1.69. The van der Waals surface area contributed by atoms with Gasteiger partial charge in [-0.05, 0) is 10.3 Å². The Morgan fingerprint density at radius 1 is 1.05 bits per heavy atom. The average molecular weight is 413 g/mol. The predicted octanol–water partition coefficient (Wildman–Crippen LogP) is -2.85. The second kappa shape index (κ2) is 12.0. The van der Waals surface area contributed by atoms with Gasteiger partial charge < -0.3 is 52.0 Å². The van der Waals surface area contributed by atoms with Gasteiger partial charge in [-0.3, -0.25) is 0 Å². The molecule has 116 valence electrons. The first kappa shape index (κ1) is 21.6.